The van der Waals surface area contributed by atoms with E-state index in [4.69, 9.17) is 21.1 Å². The lowest BCUT2D eigenvalue weighted by atomic mass is 9.86. The topological polar surface area (TPSA) is 78.4 Å². The number of carbonyl (C=O) groups is 2. The second kappa shape index (κ2) is 6.47. The van der Waals surface area contributed by atoms with E-state index in [0.29, 0.717) is 0 Å². The van der Waals surface area contributed by atoms with Gasteiger partial charge in [-0.3, -0.25) is 9.59 Å². The summed E-state index contributed by atoms with van der Waals surface area (Å²) in [5, 5.41) is 7.57. The van der Waals surface area contributed by atoms with Gasteiger partial charge in [-0.25, -0.2) is 0 Å². The van der Waals surface area contributed by atoms with Crippen LogP contribution in [0.25, 0.3) is 0 Å². The molecule has 0 unspecified atom stereocenters. The van der Waals surface area contributed by atoms with Crippen molar-refractivity contribution in [1.82, 2.24) is 10.2 Å². The molecular formula is C12H15ClN2O4. The third-order valence-electron chi connectivity index (χ3n) is 2.51. The number of aromatic nitrogens is 2. The Labute approximate surface area is 116 Å². The molecule has 1 rings (SSSR count). The Morgan fingerprint density at radius 1 is 1.16 bits per heavy atom. The van der Waals surface area contributed by atoms with Gasteiger partial charge in [-0.2, -0.15) is 5.10 Å². The molecule has 0 amide bonds. The smallest absolute Gasteiger partial charge is 0.329 e. The van der Waals surface area contributed by atoms with Crippen LogP contribution >= 0.6 is 11.6 Å². The van der Waals surface area contributed by atoms with Gasteiger partial charge in [-0.15, -0.1) is 5.10 Å². The number of rotatable bonds is 5. The molecule has 104 valence electrons. The molecule has 1 aromatic rings. The fourth-order valence-electron chi connectivity index (χ4n) is 1.43. The van der Waals surface area contributed by atoms with Crippen LogP contribution in [-0.2, 0) is 24.5 Å². The summed E-state index contributed by atoms with van der Waals surface area (Å²) in [7, 11) is 0. The minimum atomic E-state index is -1.65. The van der Waals surface area contributed by atoms with Gasteiger partial charge >= 0.3 is 11.9 Å². The predicted octanol–water partition coefficient (Wildman–Crippen LogP) is 1.51. The van der Waals surface area contributed by atoms with E-state index in [1.165, 1.54) is 19.1 Å². The molecule has 0 saturated heterocycles. The van der Waals surface area contributed by atoms with Crippen LogP contribution in [-0.4, -0.2) is 35.3 Å². The first-order valence-electron chi connectivity index (χ1n) is 5.80. The summed E-state index contributed by atoms with van der Waals surface area (Å²) in [6.07, 6.45) is 0. The summed E-state index contributed by atoms with van der Waals surface area (Å²) in [4.78, 5) is 24.1. The van der Waals surface area contributed by atoms with Gasteiger partial charge in [0.05, 0.1) is 18.9 Å². The van der Waals surface area contributed by atoms with Crippen LogP contribution in [0.15, 0.2) is 12.1 Å². The molecule has 0 saturated carbocycles. The number of hydrogen-bond donors (Lipinski definition) is 0. The number of esters is 2. The molecule has 0 radical (unpaired) electrons. The zero-order valence-electron chi connectivity index (χ0n) is 11.0. The maximum atomic E-state index is 12.0. The molecule has 1 heterocycles. The molecule has 6 nitrogen and oxygen atoms in total. The largest absolute Gasteiger partial charge is 0.465 e. The molecule has 0 aliphatic rings. The minimum absolute atomic E-state index is 0.133. The SMILES string of the molecule is CCOC(=O)C(C)(C(=O)OCC)c1ccc(Cl)nn1. The summed E-state index contributed by atoms with van der Waals surface area (Å²) in [6, 6.07) is 2.89. The van der Waals surface area contributed by atoms with Crippen molar-refractivity contribution in [2.75, 3.05) is 13.2 Å². The molecule has 0 fully saturated rings. The molecule has 0 aromatic carbocycles. The van der Waals surface area contributed by atoms with Gasteiger partial charge in [0.15, 0.2) is 5.15 Å². The first-order valence-corrected chi connectivity index (χ1v) is 6.18. The fraction of sp³-hybridized carbons (Fsp3) is 0.500. The van der Waals surface area contributed by atoms with Crippen LogP contribution in [0, 0.1) is 0 Å². The molecule has 0 N–H and O–H groups in total. The van der Waals surface area contributed by atoms with Gasteiger partial charge < -0.3 is 9.47 Å². The zero-order valence-corrected chi connectivity index (χ0v) is 11.7. The number of carbonyl (C=O) groups excluding carboxylic acids is 2. The van der Waals surface area contributed by atoms with Crippen LogP contribution in [0.2, 0.25) is 5.15 Å². The Morgan fingerprint density at radius 3 is 2.05 bits per heavy atom. The lowest BCUT2D eigenvalue weighted by Crippen LogP contribution is -2.44. The maximum Gasteiger partial charge on any atom is 0.329 e. The molecule has 7 heteroatoms. The van der Waals surface area contributed by atoms with Crippen molar-refractivity contribution in [3.63, 3.8) is 0 Å². The lowest BCUT2D eigenvalue weighted by Gasteiger charge is -2.23. The molecule has 0 aliphatic carbocycles. The summed E-state index contributed by atoms with van der Waals surface area (Å²) >= 11 is 5.64. The van der Waals surface area contributed by atoms with Crippen molar-refractivity contribution in [1.29, 1.82) is 0 Å². The molecule has 0 atom stereocenters. The number of hydrogen-bond acceptors (Lipinski definition) is 6. The summed E-state index contributed by atoms with van der Waals surface area (Å²) in [6.45, 7) is 4.98. The van der Waals surface area contributed by atoms with Gasteiger partial charge in [0.1, 0.15) is 0 Å². The zero-order chi connectivity index (χ0) is 14.5. The van der Waals surface area contributed by atoms with E-state index in [1.54, 1.807) is 13.8 Å². The average Bonchev–Trinajstić information content (AvgIpc) is 2.39. The monoisotopic (exact) mass is 286 g/mol. The highest BCUT2D eigenvalue weighted by Gasteiger charge is 2.47. The first-order chi connectivity index (χ1) is 8.96. The predicted molar refractivity (Wildman–Crippen MR) is 67.7 cm³/mol. The van der Waals surface area contributed by atoms with Crippen LogP contribution < -0.4 is 0 Å². The van der Waals surface area contributed by atoms with E-state index in [-0.39, 0.29) is 24.1 Å². The van der Waals surface area contributed by atoms with Crippen molar-refractivity contribution in [3.8, 4) is 0 Å². The van der Waals surface area contributed by atoms with Crippen molar-refractivity contribution in [2.45, 2.75) is 26.2 Å². The average molecular weight is 287 g/mol. The molecule has 0 bridgehead atoms. The third kappa shape index (κ3) is 3.20. The molecule has 0 spiro atoms. The summed E-state index contributed by atoms with van der Waals surface area (Å²) in [5.74, 6) is -1.46. The van der Waals surface area contributed by atoms with Crippen molar-refractivity contribution in [3.05, 3.63) is 23.0 Å². The highest BCUT2D eigenvalue weighted by atomic mass is 35.5. The van der Waals surface area contributed by atoms with E-state index in [0.717, 1.165) is 0 Å². The Morgan fingerprint density at radius 2 is 1.68 bits per heavy atom. The van der Waals surface area contributed by atoms with E-state index in [2.05, 4.69) is 10.2 Å². The Balaban J connectivity index is 3.21. The molecule has 19 heavy (non-hydrogen) atoms. The minimum Gasteiger partial charge on any atom is -0.465 e. The van der Waals surface area contributed by atoms with Gasteiger partial charge in [0, 0.05) is 0 Å². The van der Waals surface area contributed by atoms with E-state index >= 15 is 0 Å². The van der Waals surface area contributed by atoms with Crippen LogP contribution in [0.4, 0.5) is 0 Å². The van der Waals surface area contributed by atoms with Gasteiger partial charge in [-0.05, 0) is 32.9 Å². The molecular weight excluding hydrogens is 272 g/mol. The van der Waals surface area contributed by atoms with Gasteiger partial charge in [0.25, 0.3) is 0 Å². The third-order valence-corrected chi connectivity index (χ3v) is 2.71. The number of halogens is 1. The highest BCUT2D eigenvalue weighted by Crippen LogP contribution is 2.26. The highest BCUT2D eigenvalue weighted by molar-refractivity contribution is 6.29. The second-order valence-electron chi connectivity index (χ2n) is 3.81. The maximum absolute atomic E-state index is 12.0. The Bertz CT molecular complexity index is 443. The van der Waals surface area contributed by atoms with E-state index < -0.39 is 17.4 Å². The Kier molecular flexibility index (Phi) is 5.23. The van der Waals surface area contributed by atoms with Crippen molar-refractivity contribution < 1.29 is 19.1 Å². The molecule has 1 aromatic heterocycles. The normalized spacial score (nSPS) is 10.9. The van der Waals surface area contributed by atoms with E-state index in [1.807, 2.05) is 0 Å². The standard InChI is InChI=1S/C12H15ClN2O4/c1-4-18-10(16)12(3,11(17)19-5-2)8-6-7-9(13)15-14-8/h6-7H,4-5H2,1-3H3. The summed E-state index contributed by atoms with van der Waals surface area (Å²) < 4.78 is 9.84. The van der Waals surface area contributed by atoms with Crippen LogP contribution in [0.1, 0.15) is 26.5 Å². The Hall–Kier alpha value is -1.69. The first kappa shape index (κ1) is 15.4. The van der Waals surface area contributed by atoms with Crippen LogP contribution in [0.5, 0.6) is 0 Å². The van der Waals surface area contributed by atoms with Crippen molar-refractivity contribution in [2.24, 2.45) is 0 Å². The lowest BCUT2D eigenvalue weighted by molar-refractivity contribution is -0.164. The number of nitrogens with zero attached hydrogens (tertiary/aromatic N) is 2. The van der Waals surface area contributed by atoms with Gasteiger partial charge in [-0.1, -0.05) is 11.6 Å². The van der Waals surface area contributed by atoms with Crippen molar-refractivity contribution >= 4 is 23.5 Å². The second-order valence-corrected chi connectivity index (χ2v) is 4.19. The van der Waals surface area contributed by atoms with E-state index in [9.17, 15) is 9.59 Å². The molecule has 0 aliphatic heterocycles. The fourth-order valence-corrected chi connectivity index (χ4v) is 1.53. The summed E-state index contributed by atoms with van der Waals surface area (Å²) in [5.41, 5.74) is -1.52. The van der Waals surface area contributed by atoms with Gasteiger partial charge in [0.2, 0.25) is 5.41 Å². The van der Waals surface area contributed by atoms with Crippen LogP contribution in [0.3, 0.4) is 0 Å². The quantitative estimate of drug-likeness (QED) is 0.603. The number of ether oxygens (including phenoxy) is 2.